The second-order valence-electron chi connectivity index (χ2n) is 4.74. The summed E-state index contributed by atoms with van der Waals surface area (Å²) in [6.45, 7) is 0. The number of hydrogen-bond donors (Lipinski definition) is 2. The molecule has 0 radical (unpaired) electrons. The molecule has 1 atom stereocenters. The van der Waals surface area contributed by atoms with Crippen LogP contribution < -0.4 is 11.1 Å². The van der Waals surface area contributed by atoms with Crippen LogP contribution in [-0.2, 0) is 4.79 Å². The van der Waals surface area contributed by atoms with E-state index in [0.29, 0.717) is 17.5 Å². The zero-order valence-electron chi connectivity index (χ0n) is 9.93. The van der Waals surface area contributed by atoms with E-state index in [0.717, 1.165) is 23.1 Å². The largest absolute Gasteiger partial charge is 0.327 e. The van der Waals surface area contributed by atoms with E-state index in [1.807, 2.05) is 24.3 Å². The van der Waals surface area contributed by atoms with E-state index in [1.165, 1.54) is 11.3 Å². The zero-order valence-corrected chi connectivity index (χ0v) is 10.7. The first-order chi connectivity index (χ1) is 8.72. The Morgan fingerprint density at radius 2 is 2.28 bits per heavy atom. The molecule has 1 aliphatic rings. The van der Waals surface area contributed by atoms with Gasteiger partial charge in [-0.3, -0.25) is 4.79 Å². The topological polar surface area (TPSA) is 68.0 Å². The molecule has 1 unspecified atom stereocenters. The van der Waals surface area contributed by atoms with Crippen molar-refractivity contribution in [2.45, 2.75) is 25.3 Å². The Morgan fingerprint density at radius 3 is 3.00 bits per heavy atom. The molecular formula is C13H15N3OS. The number of carbonyl (C=O) groups excluding carboxylic acids is 1. The summed E-state index contributed by atoms with van der Waals surface area (Å²) < 4.78 is 1.08. The smallest absolute Gasteiger partial charge is 0.227 e. The van der Waals surface area contributed by atoms with Crippen LogP contribution in [0.1, 0.15) is 19.3 Å². The van der Waals surface area contributed by atoms with Gasteiger partial charge in [0.2, 0.25) is 5.91 Å². The minimum atomic E-state index is -0.0338. The standard InChI is InChI=1S/C13H15N3OS/c14-9(8-5-6-8)7-12(17)16-13-15-10-3-1-2-4-11(10)18-13/h1-4,8-9H,5-7,14H2,(H,15,16,17). The van der Waals surface area contributed by atoms with Crippen LogP contribution in [0.2, 0.25) is 0 Å². The zero-order chi connectivity index (χ0) is 12.5. The molecular weight excluding hydrogens is 246 g/mol. The minimum Gasteiger partial charge on any atom is -0.327 e. The van der Waals surface area contributed by atoms with Gasteiger partial charge in [-0.25, -0.2) is 4.98 Å². The lowest BCUT2D eigenvalue weighted by atomic mass is 10.1. The van der Waals surface area contributed by atoms with Crippen molar-refractivity contribution in [3.8, 4) is 0 Å². The number of carbonyl (C=O) groups is 1. The highest BCUT2D eigenvalue weighted by molar-refractivity contribution is 7.22. The molecule has 1 fully saturated rings. The van der Waals surface area contributed by atoms with E-state index in [1.54, 1.807) is 0 Å². The molecule has 0 aliphatic heterocycles. The van der Waals surface area contributed by atoms with Crippen molar-refractivity contribution in [1.29, 1.82) is 0 Å². The first-order valence-electron chi connectivity index (χ1n) is 6.13. The summed E-state index contributed by atoms with van der Waals surface area (Å²) in [5, 5.41) is 3.49. The lowest BCUT2D eigenvalue weighted by Gasteiger charge is -2.08. The Balaban J connectivity index is 1.65. The molecule has 4 nitrogen and oxygen atoms in total. The Labute approximate surface area is 109 Å². The van der Waals surface area contributed by atoms with Crippen LogP contribution in [0.15, 0.2) is 24.3 Å². The SMILES string of the molecule is NC(CC(=O)Nc1nc2ccccc2s1)C1CC1. The maximum absolute atomic E-state index is 11.8. The summed E-state index contributed by atoms with van der Waals surface area (Å²) in [6, 6.07) is 7.85. The molecule has 1 heterocycles. The first kappa shape index (κ1) is 11.6. The van der Waals surface area contributed by atoms with E-state index < -0.39 is 0 Å². The maximum Gasteiger partial charge on any atom is 0.227 e. The lowest BCUT2D eigenvalue weighted by Crippen LogP contribution is -2.28. The molecule has 94 valence electrons. The Morgan fingerprint density at radius 1 is 1.50 bits per heavy atom. The van der Waals surface area contributed by atoms with Gasteiger partial charge in [-0.05, 0) is 30.9 Å². The van der Waals surface area contributed by atoms with E-state index in [9.17, 15) is 4.79 Å². The number of nitrogens with two attached hydrogens (primary N) is 1. The molecule has 3 N–H and O–H groups in total. The Bertz CT molecular complexity index is 543. The van der Waals surface area contributed by atoms with Crippen LogP contribution in [-0.4, -0.2) is 16.9 Å². The molecule has 0 bridgehead atoms. The number of aromatic nitrogens is 1. The van der Waals surface area contributed by atoms with Crippen molar-refractivity contribution < 1.29 is 4.79 Å². The molecule has 5 heteroatoms. The van der Waals surface area contributed by atoms with Crippen molar-refractivity contribution in [1.82, 2.24) is 4.98 Å². The summed E-state index contributed by atoms with van der Waals surface area (Å²) in [5.41, 5.74) is 6.85. The number of fused-ring (bicyclic) bond motifs is 1. The van der Waals surface area contributed by atoms with E-state index in [-0.39, 0.29) is 11.9 Å². The van der Waals surface area contributed by atoms with Gasteiger partial charge in [0.25, 0.3) is 0 Å². The second-order valence-corrected chi connectivity index (χ2v) is 5.77. The molecule has 0 saturated heterocycles. The van der Waals surface area contributed by atoms with E-state index in [4.69, 9.17) is 5.73 Å². The average molecular weight is 261 g/mol. The van der Waals surface area contributed by atoms with Crippen LogP contribution in [0.25, 0.3) is 10.2 Å². The van der Waals surface area contributed by atoms with Gasteiger partial charge in [0.1, 0.15) is 0 Å². The van der Waals surface area contributed by atoms with Gasteiger partial charge in [-0.15, -0.1) is 0 Å². The van der Waals surface area contributed by atoms with Crippen LogP contribution in [0.4, 0.5) is 5.13 Å². The highest BCUT2D eigenvalue weighted by Gasteiger charge is 2.29. The Kier molecular flexibility index (Phi) is 3.01. The number of amides is 1. The molecule has 1 saturated carbocycles. The molecule has 0 spiro atoms. The van der Waals surface area contributed by atoms with Crippen LogP contribution in [0, 0.1) is 5.92 Å². The number of para-hydroxylation sites is 1. The van der Waals surface area contributed by atoms with Crippen LogP contribution in [0.3, 0.4) is 0 Å². The number of nitrogens with zero attached hydrogens (tertiary/aromatic N) is 1. The number of thiazole rings is 1. The van der Waals surface area contributed by atoms with E-state index in [2.05, 4.69) is 10.3 Å². The van der Waals surface area contributed by atoms with Gasteiger partial charge in [-0.2, -0.15) is 0 Å². The summed E-state index contributed by atoms with van der Waals surface area (Å²) in [7, 11) is 0. The lowest BCUT2D eigenvalue weighted by molar-refractivity contribution is -0.116. The molecule has 1 amide bonds. The van der Waals surface area contributed by atoms with Crippen LogP contribution >= 0.6 is 11.3 Å². The quantitative estimate of drug-likeness (QED) is 0.887. The van der Waals surface area contributed by atoms with Gasteiger partial charge in [0, 0.05) is 12.5 Å². The predicted molar refractivity (Wildman–Crippen MR) is 73.6 cm³/mol. The highest BCUT2D eigenvalue weighted by Crippen LogP contribution is 2.33. The normalized spacial score (nSPS) is 16.7. The fourth-order valence-electron chi connectivity index (χ4n) is 2.00. The summed E-state index contributed by atoms with van der Waals surface area (Å²) >= 11 is 1.49. The molecule has 18 heavy (non-hydrogen) atoms. The molecule has 1 aliphatic carbocycles. The molecule has 2 aromatic rings. The number of hydrogen-bond acceptors (Lipinski definition) is 4. The third-order valence-electron chi connectivity index (χ3n) is 3.19. The first-order valence-corrected chi connectivity index (χ1v) is 6.95. The summed E-state index contributed by atoms with van der Waals surface area (Å²) in [4.78, 5) is 16.2. The van der Waals surface area contributed by atoms with Gasteiger partial charge in [-0.1, -0.05) is 23.5 Å². The predicted octanol–water partition coefficient (Wildman–Crippen LogP) is 2.36. The van der Waals surface area contributed by atoms with Gasteiger partial charge >= 0.3 is 0 Å². The second kappa shape index (κ2) is 4.66. The van der Waals surface area contributed by atoms with Crippen LogP contribution in [0.5, 0.6) is 0 Å². The molecule has 1 aromatic heterocycles. The molecule has 1 aromatic carbocycles. The average Bonchev–Trinajstić information content (AvgIpc) is 3.10. The number of nitrogens with one attached hydrogen (secondary N) is 1. The molecule has 3 rings (SSSR count). The fourth-order valence-corrected chi connectivity index (χ4v) is 2.88. The van der Waals surface area contributed by atoms with Crippen molar-refractivity contribution in [3.63, 3.8) is 0 Å². The third-order valence-corrected chi connectivity index (χ3v) is 4.14. The monoisotopic (exact) mass is 261 g/mol. The third kappa shape index (κ3) is 2.52. The highest BCUT2D eigenvalue weighted by atomic mass is 32.1. The number of benzene rings is 1. The fraction of sp³-hybridized carbons (Fsp3) is 0.385. The summed E-state index contributed by atoms with van der Waals surface area (Å²) in [5.74, 6) is 0.513. The van der Waals surface area contributed by atoms with Crippen molar-refractivity contribution in [3.05, 3.63) is 24.3 Å². The van der Waals surface area contributed by atoms with Crippen molar-refractivity contribution in [2.24, 2.45) is 11.7 Å². The minimum absolute atomic E-state index is 0.000576. The summed E-state index contributed by atoms with van der Waals surface area (Å²) in [6.07, 6.45) is 2.71. The van der Waals surface area contributed by atoms with Gasteiger partial charge in [0.05, 0.1) is 10.2 Å². The van der Waals surface area contributed by atoms with E-state index >= 15 is 0 Å². The maximum atomic E-state index is 11.8. The number of anilines is 1. The van der Waals surface area contributed by atoms with Crippen molar-refractivity contribution >= 4 is 32.6 Å². The Hall–Kier alpha value is -1.46. The van der Waals surface area contributed by atoms with Gasteiger partial charge < -0.3 is 11.1 Å². The van der Waals surface area contributed by atoms with Crippen molar-refractivity contribution in [2.75, 3.05) is 5.32 Å². The number of rotatable bonds is 4. The van der Waals surface area contributed by atoms with Gasteiger partial charge in [0.15, 0.2) is 5.13 Å².